The molecule has 1 heterocycles. The van der Waals surface area contributed by atoms with Gasteiger partial charge in [0.2, 0.25) is 0 Å². The summed E-state index contributed by atoms with van der Waals surface area (Å²) in [5, 5.41) is 3.10. The molecule has 110 valence electrons. The SMILES string of the molecule is NC(=O)Nc1[nH]c2cc(CCC3CC3)ccc2c1C(N)=O. The Morgan fingerprint density at radius 2 is 2.05 bits per heavy atom. The molecule has 1 fully saturated rings. The van der Waals surface area contributed by atoms with E-state index in [0.717, 1.165) is 17.9 Å². The highest BCUT2D eigenvalue weighted by atomic mass is 16.2. The summed E-state index contributed by atoms with van der Waals surface area (Å²) in [5.74, 6) is 0.526. The Kier molecular flexibility index (Phi) is 3.29. The molecule has 21 heavy (non-hydrogen) atoms. The van der Waals surface area contributed by atoms with Crippen molar-refractivity contribution in [3.8, 4) is 0 Å². The lowest BCUT2D eigenvalue weighted by Crippen LogP contribution is -2.22. The number of primary amides is 2. The van der Waals surface area contributed by atoms with Crippen molar-refractivity contribution in [1.82, 2.24) is 4.98 Å². The third-order valence-electron chi connectivity index (χ3n) is 3.90. The van der Waals surface area contributed by atoms with Gasteiger partial charge in [-0.15, -0.1) is 0 Å². The maximum Gasteiger partial charge on any atom is 0.317 e. The van der Waals surface area contributed by atoms with Gasteiger partial charge in [0.1, 0.15) is 5.82 Å². The Balaban J connectivity index is 1.96. The molecule has 1 aromatic carbocycles. The number of fused-ring (bicyclic) bond motifs is 1. The van der Waals surface area contributed by atoms with E-state index < -0.39 is 11.9 Å². The molecule has 0 aliphatic heterocycles. The summed E-state index contributed by atoms with van der Waals surface area (Å²) in [4.78, 5) is 25.6. The van der Waals surface area contributed by atoms with Crippen molar-refractivity contribution in [3.05, 3.63) is 29.3 Å². The number of aromatic nitrogens is 1. The normalized spacial score (nSPS) is 14.3. The summed E-state index contributed by atoms with van der Waals surface area (Å²) in [6.07, 6.45) is 4.89. The van der Waals surface area contributed by atoms with Crippen LogP contribution >= 0.6 is 0 Å². The Labute approximate surface area is 121 Å². The van der Waals surface area contributed by atoms with E-state index >= 15 is 0 Å². The number of aryl methyl sites for hydroxylation is 1. The highest BCUT2D eigenvalue weighted by molar-refractivity contribution is 6.12. The van der Waals surface area contributed by atoms with E-state index in [-0.39, 0.29) is 11.4 Å². The first-order valence-corrected chi connectivity index (χ1v) is 7.05. The molecule has 0 spiro atoms. The molecule has 0 unspecified atom stereocenters. The largest absolute Gasteiger partial charge is 0.365 e. The second-order valence-electron chi connectivity index (χ2n) is 5.59. The van der Waals surface area contributed by atoms with Gasteiger partial charge in [-0.05, 0) is 30.4 Å². The maximum atomic E-state index is 11.6. The Morgan fingerprint density at radius 3 is 2.67 bits per heavy atom. The van der Waals surface area contributed by atoms with Crippen LogP contribution in [0.4, 0.5) is 10.6 Å². The van der Waals surface area contributed by atoms with Crippen molar-refractivity contribution in [2.45, 2.75) is 25.7 Å². The van der Waals surface area contributed by atoms with E-state index in [1.165, 1.54) is 24.8 Å². The molecule has 6 nitrogen and oxygen atoms in total. The second-order valence-corrected chi connectivity index (χ2v) is 5.59. The zero-order chi connectivity index (χ0) is 15.0. The predicted molar refractivity (Wildman–Crippen MR) is 81.1 cm³/mol. The van der Waals surface area contributed by atoms with Gasteiger partial charge in [0, 0.05) is 10.9 Å². The number of carbonyl (C=O) groups is 2. The Morgan fingerprint density at radius 1 is 1.29 bits per heavy atom. The van der Waals surface area contributed by atoms with Crippen molar-refractivity contribution in [2.24, 2.45) is 17.4 Å². The number of anilines is 1. The molecule has 1 saturated carbocycles. The van der Waals surface area contributed by atoms with Gasteiger partial charge in [-0.1, -0.05) is 25.0 Å². The zero-order valence-electron chi connectivity index (χ0n) is 11.6. The fraction of sp³-hybridized carbons (Fsp3) is 0.333. The highest BCUT2D eigenvalue weighted by Crippen LogP contribution is 2.34. The summed E-state index contributed by atoms with van der Waals surface area (Å²) in [6, 6.07) is 5.12. The van der Waals surface area contributed by atoms with E-state index in [0.29, 0.717) is 5.39 Å². The molecule has 1 aromatic heterocycles. The topological polar surface area (TPSA) is 114 Å². The molecule has 3 amide bonds. The fourth-order valence-electron chi connectivity index (χ4n) is 2.65. The third-order valence-corrected chi connectivity index (χ3v) is 3.90. The van der Waals surface area contributed by atoms with E-state index in [1.54, 1.807) is 0 Å². The van der Waals surface area contributed by atoms with Crippen LogP contribution in [-0.2, 0) is 6.42 Å². The quantitative estimate of drug-likeness (QED) is 0.674. The second kappa shape index (κ2) is 5.12. The van der Waals surface area contributed by atoms with E-state index in [1.807, 2.05) is 18.2 Å². The number of amides is 3. The molecule has 0 atom stereocenters. The zero-order valence-corrected chi connectivity index (χ0v) is 11.6. The molecule has 3 rings (SSSR count). The lowest BCUT2D eigenvalue weighted by Gasteiger charge is -2.01. The lowest BCUT2D eigenvalue weighted by molar-refractivity contribution is 0.100. The van der Waals surface area contributed by atoms with Gasteiger partial charge in [0.25, 0.3) is 5.91 Å². The summed E-state index contributed by atoms with van der Waals surface area (Å²) in [5.41, 5.74) is 12.8. The number of hydrogen-bond acceptors (Lipinski definition) is 2. The van der Waals surface area contributed by atoms with Crippen molar-refractivity contribution >= 4 is 28.7 Å². The van der Waals surface area contributed by atoms with Crippen LogP contribution in [0.25, 0.3) is 10.9 Å². The summed E-state index contributed by atoms with van der Waals surface area (Å²) in [7, 11) is 0. The van der Waals surface area contributed by atoms with Crippen molar-refractivity contribution in [3.63, 3.8) is 0 Å². The van der Waals surface area contributed by atoms with Gasteiger partial charge in [-0.25, -0.2) is 4.79 Å². The first kappa shape index (κ1) is 13.5. The fourth-order valence-corrected chi connectivity index (χ4v) is 2.65. The monoisotopic (exact) mass is 286 g/mol. The average Bonchev–Trinajstić information content (AvgIpc) is 3.16. The minimum absolute atomic E-state index is 0.254. The van der Waals surface area contributed by atoms with Crippen molar-refractivity contribution in [1.29, 1.82) is 0 Å². The smallest absolute Gasteiger partial charge is 0.317 e. The van der Waals surface area contributed by atoms with Crippen LogP contribution in [0.1, 0.15) is 35.2 Å². The van der Waals surface area contributed by atoms with E-state index in [2.05, 4.69) is 10.3 Å². The van der Waals surface area contributed by atoms with Crippen LogP contribution in [0.5, 0.6) is 0 Å². The van der Waals surface area contributed by atoms with Crippen LogP contribution in [0, 0.1) is 5.92 Å². The molecule has 2 aromatic rings. The molecule has 0 bridgehead atoms. The number of rotatable bonds is 5. The minimum Gasteiger partial charge on any atom is -0.365 e. The van der Waals surface area contributed by atoms with Crippen LogP contribution in [-0.4, -0.2) is 16.9 Å². The Bertz CT molecular complexity index is 716. The molecular weight excluding hydrogens is 268 g/mol. The van der Waals surface area contributed by atoms with Gasteiger partial charge >= 0.3 is 6.03 Å². The van der Waals surface area contributed by atoms with Gasteiger partial charge in [-0.2, -0.15) is 0 Å². The van der Waals surface area contributed by atoms with E-state index in [9.17, 15) is 9.59 Å². The van der Waals surface area contributed by atoms with Crippen LogP contribution in [0.15, 0.2) is 18.2 Å². The standard InChI is InChI=1S/C15H18N4O2/c16-13(20)12-10-6-5-9(4-3-8-1-2-8)7-11(10)18-14(12)19-15(17)21/h5-8,18H,1-4H2,(H2,16,20)(H3,17,19,21). The van der Waals surface area contributed by atoms with Gasteiger partial charge in [-0.3, -0.25) is 10.1 Å². The number of urea groups is 1. The molecular formula is C15H18N4O2. The first-order chi connectivity index (χ1) is 10.0. The van der Waals surface area contributed by atoms with Crippen LogP contribution < -0.4 is 16.8 Å². The maximum absolute atomic E-state index is 11.6. The van der Waals surface area contributed by atoms with Gasteiger partial charge < -0.3 is 16.5 Å². The summed E-state index contributed by atoms with van der Waals surface area (Å²) >= 11 is 0. The molecule has 6 N–H and O–H groups in total. The molecule has 0 saturated heterocycles. The van der Waals surface area contributed by atoms with Crippen LogP contribution in [0.3, 0.4) is 0 Å². The first-order valence-electron chi connectivity index (χ1n) is 7.05. The number of benzene rings is 1. The highest BCUT2D eigenvalue weighted by Gasteiger charge is 2.21. The molecule has 0 radical (unpaired) electrons. The molecule has 1 aliphatic rings. The number of nitrogens with one attached hydrogen (secondary N) is 2. The minimum atomic E-state index is -0.738. The third kappa shape index (κ3) is 2.84. The summed E-state index contributed by atoms with van der Waals surface area (Å²) in [6.45, 7) is 0. The van der Waals surface area contributed by atoms with Crippen LogP contribution in [0.2, 0.25) is 0 Å². The Hall–Kier alpha value is -2.50. The molecule has 1 aliphatic carbocycles. The molecule has 6 heteroatoms. The number of H-pyrrole nitrogens is 1. The lowest BCUT2D eigenvalue weighted by atomic mass is 10.0. The average molecular weight is 286 g/mol. The van der Waals surface area contributed by atoms with Crippen molar-refractivity contribution in [2.75, 3.05) is 5.32 Å². The number of aromatic amines is 1. The predicted octanol–water partition coefficient (Wildman–Crippen LogP) is 2.10. The van der Waals surface area contributed by atoms with Gasteiger partial charge in [0.05, 0.1) is 5.56 Å². The number of carbonyl (C=O) groups excluding carboxylic acids is 2. The number of nitrogens with two attached hydrogens (primary N) is 2. The van der Waals surface area contributed by atoms with Crippen molar-refractivity contribution < 1.29 is 9.59 Å². The van der Waals surface area contributed by atoms with E-state index in [4.69, 9.17) is 11.5 Å². The summed E-state index contributed by atoms with van der Waals surface area (Å²) < 4.78 is 0. The number of hydrogen-bond donors (Lipinski definition) is 4. The van der Waals surface area contributed by atoms with Gasteiger partial charge in [0.15, 0.2) is 0 Å².